The van der Waals surface area contributed by atoms with Gasteiger partial charge in [0.25, 0.3) is 0 Å². The molecule has 2 rings (SSSR count). The molecule has 2 aromatic carbocycles. The molecule has 0 fully saturated rings. The molecule has 4 N–H and O–H groups in total. The highest BCUT2D eigenvalue weighted by Crippen LogP contribution is 2.27. The molecule has 0 saturated carbocycles. The molecule has 2 aromatic rings. The van der Waals surface area contributed by atoms with Crippen LogP contribution in [0.3, 0.4) is 0 Å². The van der Waals surface area contributed by atoms with Crippen molar-refractivity contribution in [2.24, 2.45) is 0 Å². The van der Waals surface area contributed by atoms with Crippen molar-refractivity contribution in [1.82, 2.24) is 5.48 Å². The molecule has 0 aromatic heterocycles. The number of thioether (sulfide) groups is 1. The van der Waals surface area contributed by atoms with Gasteiger partial charge in [-0.1, -0.05) is 24.3 Å². The molecule has 0 radical (unpaired) electrons. The monoisotopic (exact) mass is 375 g/mol. The summed E-state index contributed by atoms with van der Waals surface area (Å²) in [6.45, 7) is 0. The van der Waals surface area contributed by atoms with Crippen LogP contribution in [-0.4, -0.2) is 39.0 Å². The lowest BCUT2D eigenvalue weighted by Crippen LogP contribution is -2.18. The predicted molar refractivity (Wildman–Crippen MR) is 96.5 cm³/mol. The van der Waals surface area contributed by atoms with Crippen molar-refractivity contribution in [2.45, 2.75) is 12.2 Å². The van der Waals surface area contributed by atoms with Crippen LogP contribution in [0.25, 0.3) is 11.1 Å². The number of carbonyl (C=O) groups excluding carboxylic acids is 1. The number of carboxylic acids is 2. The van der Waals surface area contributed by atoms with Crippen LogP contribution >= 0.6 is 11.8 Å². The van der Waals surface area contributed by atoms with Crippen LogP contribution in [0.2, 0.25) is 0 Å². The molecule has 1 amide bonds. The number of aromatic carboxylic acids is 2. The van der Waals surface area contributed by atoms with E-state index in [4.69, 9.17) is 10.3 Å². The van der Waals surface area contributed by atoms with Crippen LogP contribution in [0.15, 0.2) is 42.5 Å². The van der Waals surface area contributed by atoms with Gasteiger partial charge in [0.05, 0.1) is 11.1 Å². The van der Waals surface area contributed by atoms with Crippen LogP contribution in [0.1, 0.15) is 32.7 Å². The number of hydrogen-bond donors (Lipinski definition) is 4. The molecule has 0 unspecified atom stereocenters. The van der Waals surface area contributed by atoms with Crippen molar-refractivity contribution in [3.63, 3.8) is 0 Å². The Morgan fingerprint density at radius 3 is 2.42 bits per heavy atom. The zero-order valence-electron chi connectivity index (χ0n) is 13.6. The number of nitrogens with one attached hydrogen (secondary N) is 1. The van der Waals surface area contributed by atoms with Crippen LogP contribution in [0.5, 0.6) is 0 Å². The second-order valence-corrected chi connectivity index (χ2v) is 6.51. The quantitative estimate of drug-likeness (QED) is 0.318. The summed E-state index contributed by atoms with van der Waals surface area (Å²) >= 11 is 1.44. The molecular formula is C18H17NO6S. The summed E-state index contributed by atoms with van der Waals surface area (Å²) < 4.78 is 0. The molecule has 26 heavy (non-hydrogen) atoms. The summed E-state index contributed by atoms with van der Waals surface area (Å²) in [5.74, 6) is -1.67. The number of benzene rings is 2. The number of rotatable bonds is 8. The highest BCUT2D eigenvalue weighted by atomic mass is 32.2. The van der Waals surface area contributed by atoms with E-state index in [0.29, 0.717) is 22.6 Å². The lowest BCUT2D eigenvalue weighted by Gasteiger charge is -2.10. The zero-order chi connectivity index (χ0) is 19.1. The predicted octanol–water partition coefficient (Wildman–Crippen LogP) is 2.88. The highest BCUT2D eigenvalue weighted by Gasteiger charge is 2.14. The maximum atomic E-state index is 11.6. The van der Waals surface area contributed by atoms with Crippen LogP contribution in [0, 0.1) is 0 Å². The summed E-state index contributed by atoms with van der Waals surface area (Å²) in [6, 6.07) is 11.1. The molecule has 0 aliphatic rings. The van der Waals surface area contributed by atoms with E-state index < -0.39 is 17.8 Å². The molecule has 0 spiro atoms. The Morgan fingerprint density at radius 2 is 1.77 bits per heavy atom. The van der Waals surface area contributed by atoms with E-state index >= 15 is 0 Å². The third kappa shape index (κ3) is 5.08. The third-order valence-corrected chi connectivity index (χ3v) is 4.63. The minimum absolute atomic E-state index is 0.0822. The number of carbonyl (C=O) groups is 3. The fraction of sp³-hybridized carbons (Fsp3) is 0.167. The van der Waals surface area contributed by atoms with Gasteiger partial charge in [0.15, 0.2) is 0 Å². The first-order valence-electron chi connectivity index (χ1n) is 7.63. The molecule has 136 valence electrons. The number of amides is 1. The van der Waals surface area contributed by atoms with Crippen molar-refractivity contribution in [1.29, 1.82) is 0 Å². The van der Waals surface area contributed by atoms with Gasteiger partial charge < -0.3 is 10.2 Å². The SMILES string of the molecule is O=C(CCSCc1ccc(-c2cccc(C(=O)O)c2)c(C(=O)O)c1)NO. The fourth-order valence-electron chi connectivity index (χ4n) is 2.34. The Kier molecular flexibility index (Phi) is 6.76. The Bertz CT molecular complexity index is 836. The summed E-state index contributed by atoms with van der Waals surface area (Å²) in [5, 5.41) is 27.0. The van der Waals surface area contributed by atoms with Gasteiger partial charge in [-0.15, -0.1) is 0 Å². The van der Waals surface area contributed by atoms with Crippen molar-refractivity contribution in [3.05, 3.63) is 59.2 Å². The van der Waals surface area contributed by atoms with Gasteiger partial charge >= 0.3 is 11.9 Å². The minimum atomic E-state index is -1.10. The van der Waals surface area contributed by atoms with Gasteiger partial charge in [-0.2, -0.15) is 11.8 Å². The standard InChI is InChI=1S/C18H17NO6S/c20-16(19-25)6-7-26-10-11-4-5-14(15(8-11)18(23)24)12-2-1-3-13(9-12)17(21)22/h1-5,8-9,25H,6-7,10H2,(H,19,20)(H,21,22)(H,23,24). The average Bonchev–Trinajstić information content (AvgIpc) is 2.64. The van der Waals surface area contributed by atoms with E-state index in [1.54, 1.807) is 35.8 Å². The molecule has 7 nitrogen and oxygen atoms in total. The number of hydroxylamine groups is 1. The summed E-state index contributed by atoms with van der Waals surface area (Å²) in [7, 11) is 0. The summed E-state index contributed by atoms with van der Waals surface area (Å²) in [6.07, 6.45) is 0.160. The lowest BCUT2D eigenvalue weighted by molar-refractivity contribution is -0.128. The largest absolute Gasteiger partial charge is 0.478 e. The molecule has 0 bridgehead atoms. The molecule has 0 saturated heterocycles. The lowest BCUT2D eigenvalue weighted by atomic mass is 9.96. The zero-order valence-corrected chi connectivity index (χ0v) is 14.5. The average molecular weight is 375 g/mol. The maximum Gasteiger partial charge on any atom is 0.336 e. The second-order valence-electron chi connectivity index (χ2n) is 5.41. The number of carboxylic acid groups (broad SMARTS) is 2. The van der Waals surface area contributed by atoms with E-state index in [-0.39, 0.29) is 17.5 Å². The fourth-order valence-corrected chi connectivity index (χ4v) is 3.23. The van der Waals surface area contributed by atoms with E-state index in [0.717, 1.165) is 5.56 Å². The Balaban J connectivity index is 2.21. The first kappa shape index (κ1) is 19.5. The van der Waals surface area contributed by atoms with E-state index in [2.05, 4.69) is 0 Å². The van der Waals surface area contributed by atoms with Gasteiger partial charge in [0, 0.05) is 17.9 Å². The molecule has 0 atom stereocenters. The second kappa shape index (κ2) is 9.02. The Morgan fingerprint density at radius 1 is 1.00 bits per heavy atom. The highest BCUT2D eigenvalue weighted by molar-refractivity contribution is 7.98. The van der Waals surface area contributed by atoms with Crippen LogP contribution in [0.4, 0.5) is 0 Å². The smallest absolute Gasteiger partial charge is 0.336 e. The van der Waals surface area contributed by atoms with Crippen molar-refractivity contribution >= 4 is 29.6 Å². The molecule has 0 aliphatic carbocycles. The van der Waals surface area contributed by atoms with Gasteiger partial charge in [-0.25, -0.2) is 15.1 Å². The van der Waals surface area contributed by atoms with Gasteiger partial charge in [-0.3, -0.25) is 10.0 Å². The summed E-state index contributed by atoms with van der Waals surface area (Å²) in [4.78, 5) is 33.7. The van der Waals surface area contributed by atoms with E-state index in [9.17, 15) is 19.5 Å². The van der Waals surface area contributed by atoms with Crippen molar-refractivity contribution in [2.75, 3.05) is 5.75 Å². The topological polar surface area (TPSA) is 124 Å². The van der Waals surface area contributed by atoms with E-state index in [1.807, 2.05) is 0 Å². The third-order valence-electron chi connectivity index (χ3n) is 3.60. The first-order chi connectivity index (χ1) is 12.4. The molecule has 0 heterocycles. The molecular weight excluding hydrogens is 358 g/mol. The van der Waals surface area contributed by atoms with Crippen LogP contribution in [-0.2, 0) is 10.5 Å². The maximum absolute atomic E-state index is 11.6. The first-order valence-corrected chi connectivity index (χ1v) is 8.78. The summed E-state index contributed by atoms with van der Waals surface area (Å²) in [5.41, 5.74) is 3.45. The van der Waals surface area contributed by atoms with E-state index in [1.165, 1.54) is 23.9 Å². The molecule has 0 aliphatic heterocycles. The van der Waals surface area contributed by atoms with Crippen molar-refractivity contribution < 1.29 is 29.8 Å². The minimum Gasteiger partial charge on any atom is -0.478 e. The normalized spacial score (nSPS) is 10.3. The van der Waals surface area contributed by atoms with Gasteiger partial charge in [0.1, 0.15) is 0 Å². The Hall–Kier alpha value is -2.84. The molecule has 8 heteroatoms. The van der Waals surface area contributed by atoms with Crippen molar-refractivity contribution in [3.8, 4) is 11.1 Å². The van der Waals surface area contributed by atoms with Gasteiger partial charge in [-0.05, 0) is 34.9 Å². The van der Waals surface area contributed by atoms with Crippen LogP contribution < -0.4 is 5.48 Å². The number of hydrogen-bond acceptors (Lipinski definition) is 5. The van der Waals surface area contributed by atoms with Gasteiger partial charge in [0.2, 0.25) is 5.91 Å². The Labute approximate surface area is 153 Å².